The van der Waals surface area contributed by atoms with Gasteiger partial charge in [0.25, 0.3) is 0 Å². The third-order valence-corrected chi connectivity index (χ3v) is 1.56. The van der Waals surface area contributed by atoms with Crippen LogP contribution in [-0.4, -0.2) is 22.1 Å². The van der Waals surface area contributed by atoms with E-state index in [0.717, 1.165) is 0 Å². The van der Waals surface area contributed by atoms with Gasteiger partial charge in [0.05, 0.1) is 11.7 Å². The summed E-state index contributed by atoms with van der Waals surface area (Å²) in [5.41, 5.74) is 0. The number of rotatable bonds is 4. The van der Waals surface area contributed by atoms with Gasteiger partial charge in [0.15, 0.2) is 0 Å². The summed E-state index contributed by atoms with van der Waals surface area (Å²) in [6.07, 6.45) is 0.164. The van der Waals surface area contributed by atoms with Crippen LogP contribution in [0.1, 0.15) is 19.8 Å². The Morgan fingerprint density at radius 2 is 2.10 bits per heavy atom. The quantitative estimate of drug-likeness (QED) is 0.599. The second-order valence-corrected chi connectivity index (χ2v) is 2.56. The number of carbonyl (C=O) groups excluding carboxylic acids is 1. The number of Topliss-reactive ketones (excluding diaryl/α,β-unsaturated/α-hetero) is 1. The number of hydrogen-bond donors (Lipinski definition) is 2. The van der Waals surface area contributed by atoms with Crippen molar-refractivity contribution in [2.24, 2.45) is 0 Å². The third kappa shape index (κ3) is 3.50. The van der Waals surface area contributed by atoms with Crippen molar-refractivity contribution < 1.29 is 14.7 Å². The SMILES string of the molecule is CCC(=O)C(S)CC(=O)O. The minimum absolute atomic E-state index is 0.120. The van der Waals surface area contributed by atoms with Gasteiger partial charge < -0.3 is 5.11 Å². The van der Waals surface area contributed by atoms with Crippen molar-refractivity contribution in [3.63, 3.8) is 0 Å². The van der Waals surface area contributed by atoms with Gasteiger partial charge in [-0.25, -0.2) is 0 Å². The van der Waals surface area contributed by atoms with Crippen LogP contribution >= 0.6 is 12.6 Å². The number of carboxylic acids is 1. The van der Waals surface area contributed by atoms with Crippen molar-refractivity contribution in [1.29, 1.82) is 0 Å². The standard InChI is InChI=1S/C6H10O3S/c1-2-4(7)5(10)3-6(8)9/h5,10H,2-3H2,1H3,(H,8,9). The molecular formula is C6H10O3S. The molecule has 0 amide bonds. The maximum absolute atomic E-state index is 10.7. The van der Waals surface area contributed by atoms with Crippen LogP contribution in [0.3, 0.4) is 0 Å². The van der Waals surface area contributed by atoms with E-state index in [1.807, 2.05) is 0 Å². The Hall–Kier alpha value is -0.510. The molecule has 1 N–H and O–H groups in total. The smallest absolute Gasteiger partial charge is 0.304 e. The Bertz CT molecular complexity index is 144. The molecule has 0 radical (unpaired) electrons. The van der Waals surface area contributed by atoms with Gasteiger partial charge in [-0.2, -0.15) is 12.6 Å². The first-order valence-corrected chi connectivity index (χ1v) is 3.52. The molecule has 0 aliphatic carbocycles. The summed E-state index contributed by atoms with van der Waals surface area (Å²) in [7, 11) is 0. The fraction of sp³-hybridized carbons (Fsp3) is 0.667. The zero-order valence-corrected chi connectivity index (χ0v) is 6.60. The zero-order valence-electron chi connectivity index (χ0n) is 5.70. The first-order chi connectivity index (χ1) is 4.57. The number of hydrogen-bond acceptors (Lipinski definition) is 3. The van der Waals surface area contributed by atoms with Gasteiger partial charge in [0.2, 0.25) is 0 Å². The van der Waals surface area contributed by atoms with Crippen LogP contribution < -0.4 is 0 Å². The largest absolute Gasteiger partial charge is 0.481 e. The molecule has 0 rings (SSSR count). The molecule has 0 saturated heterocycles. The van der Waals surface area contributed by atoms with Gasteiger partial charge in [0.1, 0.15) is 5.78 Å². The molecule has 10 heavy (non-hydrogen) atoms. The van der Waals surface area contributed by atoms with Crippen LogP contribution in [0.25, 0.3) is 0 Å². The highest BCUT2D eigenvalue weighted by Crippen LogP contribution is 2.04. The molecule has 4 heteroatoms. The summed E-state index contributed by atoms with van der Waals surface area (Å²) in [5.74, 6) is -1.10. The second-order valence-electron chi connectivity index (χ2n) is 1.93. The van der Waals surface area contributed by atoms with Crippen molar-refractivity contribution in [2.75, 3.05) is 0 Å². The van der Waals surface area contributed by atoms with Crippen LogP contribution in [-0.2, 0) is 9.59 Å². The lowest BCUT2D eigenvalue weighted by atomic mass is 10.2. The number of thiol groups is 1. The van der Waals surface area contributed by atoms with Crippen molar-refractivity contribution in [3.8, 4) is 0 Å². The fourth-order valence-electron chi connectivity index (χ4n) is 0.515. The normalized spacial score (nSPS) is 12.6. The lowest BCUT2D eigenvalue weighted by Crippen LogP contribution is -2.17. The van der Waals surface area contributed by atoms with Crippen molar-refractivity contribution >= 4 is 24.4 Å². The van der Waals surface area contributed by atoms with Gasteiger partial charge >= 0.3 is 5.97 Å². The molecule has 1 unspecified atom stereocenters. The molecule has 0 aliphatic heterocycles. The van der Waals surface area contributed by atoms with Crippen LogP contribution in [0.15, 0.2) is 0 Å². The lowest BCUT2D eigenvalue weighted by Gasteiger charge is -2.02. The lowest BCUT2D eigenvalue weighted by molar-refractivity contribution is -0.138. The van der Waals surface area contributed by atoms with E-state index in [0.29, 0.717) is 6.42 Å². The first-order valence-electron chi connectivity index (χ1n) is 3.00. The number of carbonyl (C=O) groups is 2. The van der Waals surface area contributed by atoms with Gasteiger partial charge in [-0.15, -0.1) is 0 Å². The van der Waals surface area contributed by atoms with Crippen LogP contribution in [0.5, 0.6) is 0 Å². The van der Waals surface area contributed by atoms with Crippen LogP contribution in [0.4, 0.5) is 0 Å². The molecule has 58 valence electrons. The molecule has 0 aromatic carbocycles. The minimum atomic E-state index is -0.984. The van der Waals surface area contributed by atoms with Crippen LogP contribution in [0.2, 0.25) is 0 Å². The number of carboxylic acid groups (broad SMARTS) is 1. The van der Waals surface area contributed by atoms with E-state index in [2.05, 4.69) is 12.6 Å². The highest BCUT2D eigenvalue weighted by Gasteiger charge is 2.14. The summed E-state index contributed by atoms with van der Waals surface area (Å²) in [4.78, 5) is 20.7. The summed E-state index contributed by atoms with van der Waals surface area (Å²) in [6.45, 7) is 1.69. The summed E-state index contributed by atoms with van der Waals surface area (Å²) in [5, 5.41) is 7.59. The Morgan fingerprint density at radius 1 is 1.60 bits per heavy atom. The van der Waals surface area contributed by atoms with Gasteiger partial charge in [0, 0.05) is 6.42 Å². The highest BCUT2D eigenvalue weighted by atomic mass is 32.1. The average molecular weight is 162 g/mol. The van der Waals surface area contributed by atoms with Crippen molar-refractivity contribution in [3.05, 3.63) is 0 Å². The molecule has 0 aromatic rings. The molecule has 0 heterocycles. The Labute approximate surface area is 64.8 Å². The van der Waals surface area contributed by atoms with Gasteiger partial charge in [-0.05, 0) is 0 Å². The van der Waals surface area contributed by atoms with Crippen molar-refractivity contribution in [2.45, 2.75) is 25.0 Å². The summed E-state index contributed by atoms with van der Waals surface area (Å²) < 4.78 is 0. The van der Waals surface area contributed by atoms with E-state index in [1.165, 1.54) is 0 Å². The molecule has 0 bridgehead atoms. The van der Waals surface area contributed by atoms with Gasteiger partial charge in [-0.1, -0.05) is 6.92 Å². The van der Waals surface area contributed by atoms with E-state index in [-0.39, 0.29) is 12.2 Å². The monoisotopic (exact) mass is 162 g/mol. The minimum Gasteiger partial charge on any atom is -0.481 e. The number of aliphatic carboxylic acids is 1. The van der Waals surface area contributed by atoms with Crippen LogP contribution in [0, 0.1) is 0 Å². The predicted molar refractivity (Wildman–Crippen MR) is 40.3 cm³/mol. The molecule has 0 aromatic heterocycles. The average Bonchev–Trinajstić information content (AvgIpc) is 1.85. The Balaban J connectivity index is 3.72. The highest BCUT2D eigenvalue weighted by molar-refractivity contribution is 7.81. The maximum Gasteiger partial charge on any atom is 0.304 e. The van der Waals surface area contributed by atoms with Gasteiger partial charge in [-0.3, -0.25) is 9.59 Å². The van der Waals surface area contributed by atoms with E-state index >= 15 is 0 Å². The molecule has 3 nitrogen and oxygen atoms in total. The molecular weight excluding hydrogens is 152 g/mol. The summed E-state index contributed by atoms with van der Waals surface area (Å²) in [6, 6.07) is 0. The van der Waals surface area contributed by atoms with E-state index in [1.54, 1.807) is 6.92 Å². The van der Waals surface area contributed by atoms with E-state index < -0.39 is 11.2 Å². The van der Waals surface area contributed by atoms with E-state index in [9.17, 15) is 9.59 Å². The molecule has 0 spiro atoms. The maximum atomic E-state index is 10.7. The topological polar surface area (TPSA) is 54.4 Å². The fourth-order valence-corrected chi connectivity index (χ4v) is 0.854. The van der Waals surface area contributed by atoms with Crippen molar-refractivity contribution in [1.82, 2.24) is 0 Å². The molecule has 0 saturated carbocycles. The molecule has 0 aliphatic rings. The predicted octanol–water partition coefficient (Wildman–Crippen LogP) is 0.739. The number of ketones is 1. The molecule has 1 atom stereocenters. The second kappa shape index (κ2) is 4.33. The Kier molecular flexibility index (Phi) is 4.11. The third-order valence-electron chi connectivity index (χ3n) is 1.09. The molecule has 0 fully saturated rings. The van der Waals surface area contributed by atoms with E-state index in [4.69, 9.17) is 5.11 Å². The Morgan fingerprint density at radius 3 is 2.40 bits per heavy atom. The zero-order chi connectivity index (χ0) is 8.15. The first kappa shape index (κ1) is 9.49. The summed E-state index contributed by atoms with van der Waals surface area (Å²) >= 11 is 3.81.